The van der Waals surface area contributed by atoms with Crippen LogP contribution in [0.3, 0.4) is 0 Å². The fourth-order valence-corrected chi connectivity index (χ4v) is 6.37. The summed E-state index contributed by atoms with van der Waals surface area (Å²) in [4.78, 5) is 18.5. The Morgan fingerprint density at radius 1 is 1.17 bits per heavy atom. The number of nitrogens with one attached hydrogen (secondary N) is 3. The number of carbonyl (C=O) groups excluding carboxylic acids is 1. The van der Waals surface area contributed by atoms with Gasteiger partial charge in [0.05, 0.1) is 18.9 Å². The first-order chi connectivity index (χ1) is 14.0. The summed E-state index contributed by atoms with van der Waals surface area (Å²) >= 11 is 0. The molecule has 0 aromatic rings. The molecule has 4 rings (SSSR count). The number of hydrogen-bond donors (Lipinski definition) is 4. The molecular formula is C22H39N3O4. The first kappa shape index (κ1) is 21.5. The molecule has 1 saturated heterocycles. The lowest BCUT2D eigenvalue weighted by Crippen LogP contribution is -2.47. The number of amides is 1. The number of methoxy groups -OCH3 is 1. The van der Waals surface area contributed by atoms with Crippen LogP contribution in [-0.2, 0) is 14.4 Å². The minimum absolute atomic E-state index is 0.0701. The van der Waals surface area contributed by atoms with E-state index in [1.54, 1.807) is 7.11 Å². The number of rotatable bonds is 6. The van der Waals surface area contributed by atoms with Gasteiger partial charge in [-0.15, -0.1) is 0 Å². The van der Waals surface area contributed by atoms with Crippen LogP contribution in [0.15, 0.2) is 0 Å². The summed E-state index contributed by atoms with van der Waals surface area (Å²) in [5, 5.41) is 16.8. The van der Waals surface area contributed by atoms with Gasteiger partial charge in [0.15, 0.2) is 6.23 Å². The van der Waals surface area contributed by atoms with E-state index in [1.807, 2.05) is 6.92 Å². The first-order valence-corrected chi connectivity index (χ1v) is 11.7. The summed E-state index contributed by atoms with van der Waals surface area (Å²) in [6, 6.07) is 0.336. The summed E-state index contributed by atoms with van der Waals surface area (Å²) in [6.45, 7) is 2.41. The maximum atomic E-state index is 12.9. The van der Waals surface area contributed by atoms with E-state index in [4.69, 9.17) is 9.57 Å². The minimum Gasteiger partial charge on any atom is -0.393 e. The molecule has 1 heterocycles. The normalized spacial score (nSPS) is 43.7. The molecule has 3 aliphatic carbocycles. The summed E-state index contributed by atoms with van der Waals surface area (Å²) < 4.78 is 5.17. The third-order valence-corrected chi connectivity index (χ3v) is 8.03. The van der Waals surface area contributed by atoms with Crippen LogP contribution in [0.5, 0.6) is 0 Å². The van der Waals surface area contributed by atoms with Crippen molar-refractivity contribution in [2.75, 3.05) is 13.7 Å². The Labute approximate surface area is 174 Å². The van der Waals surface area contributed by atoms with Gasteiger partial charge in [-0.3, -0.25) is 14.9 Å². The topological polar surface area (TPSA) is 91.9 Å². The van der Waals surface area contributed by atoms with E-state index in [-0.39, 0.29) is 36.2 Å². The smallest absolute Gasteiger partial charge is 0.223 e. The van der Waals surface area contributed by atoms with Gasteiger partial charge in [0.2, 0.25) is 5.91 Å². The lowest BCUT2D eigenvalue weighted by Gasteiger charge is -2.37. The van der Waals surface area contributed by atoms with Gasteiger partial charge in [-0.1, -0.05) is 6.42 Å². The van der Waals surface area contributed by atoms with Crippen molar-refractivity contribution in [3.8, 4) is 0 Å². The molecule has 1 amide bonds. The summed E-state index contributed by atoms with van der Waals surface area (Å²) in [5.41, 5.74) is 3.16. The van der Waals surface area contributed by atoms with Gasteiger partial charge >= 0.3 is 0 Å². The van der Waals surface area contributed by atoms with Gasteiger partial charge in [-0.2, -0.15) is 5.48 Å². The van der Waals surface area contributed by atoms with Gasteiger partial charge in [-0.05, 0) is 82.0 Å². The lowest BCUT2D eigenvalue weighted by atomic mass is 9.73. The Balaban J connectivity index is 1.26. The molecule has 0 bridgehead atoms. The van der Waals surface area contributed by atoms with Crippen LogP contribution in [0.2, 0.25) is 0 Å². The zero-order valence-electron chi connectivity index (χ0n) is 17.9. The van der Waals surface area contributed by atoms with Crippen molar-refractivity contribution in [1.29, 1.82) is 0 Å². The average Bonchev–Trinajstić information content (AvgIpc) is 3.35. The van der Waals surface area contributed by atoms with E-state index in [0.29, 0.717) is 30.4 Å². The van der Waals surface area contributed by atoms with Crippen LogP contribution in [0.25, 0.3) is 0 Å². The molecule has 1 aliphatic heterocycles. The fourth-order valence-electron chi connectivity index (χ4n) is 6.37. The van der Waals surface area contributed by atoms with Gasteiger partial charge in [-0.25, -0.2) is 0 Å². The SMILES string of the molecule is COCC1NC(C2CCC3C(CC[C@H]3NC(=O)C3CCCC([C@@H](C)O)C3)C2)NO1. The molecule has 4 N–H and O–H groups in total. The second kappa shape index (κ2) is 9.60. The molecule has 0 aromatic carbocycles. The van der Waals surface area contributed by atoms with Crippen molar-refractivity contribution in [3.63, 3.8) is 0 Å². The van der Waals surface area contributed by atoms with Gasteiger partial charge in [0, 0.05) is 19.1 Å². The summed E-state index contributed by atoms with van der Waals surface area (Å²) in [5.74, 6) is 2.47. The number of ether oxygens (including phenoxy) is 1. The Morgan fingerprint density at radius 3 is 2.79 bits per heavy atom. The summed E-state index contributed by atoms with van der Waals surface area (Å²) in [7, 11) is 1.69. The quantitative estimate of drug-likeness (QED) is 0.536. The van der Waals surface area contributed by atoms with Crippen LogP contribution in [0.1, 0.15) is 64.7 Å². The Hall–Kier alpha value is -0.730. The molecule has 0 radical (unpaired) electrons. The highest BCUT2D eigenvalue weighted by Crippen LogP contribution is 2.45. The zero-order chi connectivity index (χ0) is 20.4. The van der Waals surface area contributed by atoms with E-state index in [0.717, 1.165) is 38.5 Å². The van der Waals surface area contributed by atoms with Crippen LogP contribution in [-0.4, -0.2) is 49.3 Å². The number of fused-ring (bicyclic) bond motifs is 1. The monoisotopic (exact) mass is 409 g/mol. The predicted molar refractivity (Wildman–Crippen MR) is 109 cm³/mol. The number of aliphatic hydroxyl groups excluding tert-OH is 1. The third-order valence-electron chi connectivity index (χ3n) is 8.03. The molecule has 29 heavy (non-hydrogen) atoms. The molecule has 0 spiro atoms. The Kier molecular flexibility index (Phi) is 7.12. The molecule has 0 aromatic heterocycles. The van der Waals surface area contributed by atoms with Gasteiger partial charge in [0.1, 0.15) is 0 Å². The van der Waals surface area contributed by atoms with Crippen molar-refractivity contribution >= 4 is 5.91 Å². The third kappa shape index (κ3) is 4.96. The highest BCUT2D eigenvalue weighted by molar-refractivity contribution is 5.79. The Morgan fingerprint density at radius 2 is 2.00 bits per heavy atom. The average molecular weight is 410 g/mol. The van der Waals surface area contributed by atoms with E-state index < -0.39 is 0 Å². The molecule has 3 saturated carbocycles. The van der Waals surface area contributed by atoms with E-state index >= 15 is 0 Å². The molecule has 166 valence electrons. The second-order valence-electron chi connectivity index (χ2n) is 9.88. The van der Waals surface area contributed by atoms with Crippen molar-refractivity contribution in [2.24, 2.45) is 29.6 Å². The van der Waals surface area contributed by atoms with E-state index in [9.17, 15) is 9.90 Å². The largest absolute Gasteiger partial charge is 0.393 e. The molecule has 4 aliphatic rings. The molecule has 4 fully saturated rings. The molecule has 7 nitrogen and oxygen atoms in total. The second-order valence-corrected chi connectivity index (χ2v) is 9.88. The fraction of sp³-hybridized carbons (Fsp3) is 0.955. The molecule has 7 unspecified atom stereocenters. The number of hydroxylamine groups is 1. The van der Waals surface area contributed by atoms with Crippen LogP contribution in [0.4, 0.5) is 0 Å². The van der Waals surface area contributed by atoms with Gasteiger partial charge in [0.25, 0.3) is 0 Å². The van der Waals surface area contributed by atoms with E-state index in [2.05, 4.69) is 16.1 Å². The van der Waals surface area contributed by atoms with Crippen LogP contribution >= 0.6 is 0 Å². The van der Waals surface area contributed by atoms with Crippen LogP contribution < -0.4 is 16.1 Å². The number of hydrogen-bond acceptors (Lipinski definition) is 6. The predicted octanol–water partition coefficient (Wildman–Crippen LogP) is 1.91. The number of carbonyl (C=O) groups is 1. The van der Waals surface area contributed by atoms with Gasteiger partial charge < -0.3 is 15.2 Å². The van der Waals surface area contributed by atoms with Crippen LogP contribution in [0, 0.1) is 29.6 Å². The minimum atomic E-state index is -0.304. The van der Waals surface area contributed by atoms with Crippen molar-refractivity contribution in [1.82, 2.24) is 16.1 Å². The Bertz CT molecular complexity index is 560. The standard InChI is InChI=1S/C22H39N3O4/c1-13(26)14-4-3-5-17(10-14)22(27)23-19-9-7-15-11-16(6-8-18(15)19)21-24-20(12-28-2)29-25-21/h13-21,24-26H,3-12H2,1-2H3,(H,23,27)/t13-,14?,15?,16?,17?,18?,19-,20?,21?/m1/s1. The maximum Gasteiger partial charge on any atom is 0.223 e. The van der Waals surface area contributed by atoms with E-state index in [1.165, 1.54) is 19.3 Å². The molecular weight excluding hydrogens is 370 g/mol. The van der Waals surface area contributed by atoms with Crippen molar-refractivity contribution in [2.45, 2.75) is 89.3 Å². The molecule has 7 heteroatoms. The number of aliphatic hydroxyl groups is 1. The highest BCUT2D eigenvalue weighted by Gasteiger charge is 2.44. The van der Waals surface area contributed by atoms with Crippen molar-refractivity contribution < 1.29 is 19.5 Å². The first-order valence-electron chi connectivity index (χ1n) is 11.7. The van der Waals surface area contributed by atoms with Crippen molar-refractivity contribution in [3.05, 3.63) is 0 Å². The highest BCUT2D eigenvalue weighted by atomic mass is 16.7. The maximum absolute atomic E-state index is 12.9. The lowest BCUT2D eigenvalue weighted by molar-refractivity contribution is -0.128. The zero-order valence-corrected chi connectivity index (χ0v) is 17.9. The molecule has 9 atom stereocenters. The summed E-state index contributed by atoms with van der Waals surface area (Å²) in [6.07, 6.45) is 9.59.